The number of aromatic amines is 1. The van der Waals surface area contributed by atoms with Gasteiger partial charge in [-0.15, -0.1) is 0 Å². The van der Waals surface area contributed by atoms with Crippen molar-refractivity contribution in [3.05, 3.63) is 51.5 Å². The molecule has 94 valence electrons. The molecule has 3 aromatic rings. The van der Waals surface area contributed by atoms with E-state index in [1.165, 1.54) is 0 Å². The number of aromatic nitrogens is 2. The van der Waals surface area contributed by atoms with Gasteiger partial charge in [-0.1, -0.05) is 24.3 Å². The molecule has 0 amide bonds. The second-order valence-corrected chi connectivity index (χ2v) is 5.47. The van der Waals surface area contributed by atoms with Gasteiger partial charge in [0.05, 0.1) is 10.9 Å². The molecule has 1 aliphatic carbocycles. The smallest absolute Gasteiger partial charge is 0.262 e. The summed E-state index contributed by atoms with van der Waals surface area (Å²) in [6.07, 6.45) is 2.10. The average Bonchev–Trinajstić information content (AvgIpc) is 3.21. The minimum absolute atomic E-state index is 0.0343. The van der Waals surface area contributed by atoms with E-state index in [0.29, 0.717) is 10.8 Å². The molecule has 1 N–H and O–H groups in total. The maximum Gasteiger partial charge on any atom is 0.262 e. The first-order valence-electron chi connectivity index (χ1n) is 6.41. The van der Waals surface area contributed by atoms with Gasteiger partial charge in [-0.25, -0.2) is 0 Å². The number of rotatable bonds is 1. The average molecular weight is 268 g/mol. The summed E-state index contributed by atoms with van der Waals surface area (Å²) >= 11 is 5.31. The molecule has 0 aliphatic heterocycles. The number of nitrogens with zero attached hydrogens (tertiary/aromatic N) is 1. The highest BCUT2D eigenvalue weighted by Crippen LogP contribution is 2.34. The number of hydrogen-bond acceptors (Lipinski definition) is 2. The lowest BCUT2D eigenvalue weighted by atomic mass is 10.1. The summed E-state index contributed by atoms with van der Waals surface area (Å²) in [5, 5.41) is 2.92. The molecular weight excluding hydrogens is 256 g/mol. The van der Waals surface area contributed by atoms with Gasteiger partial charge < -0.3 is 4.98 Å². The highest BCUT2D eigenvalue weighted by atomic mass is 32.1. The molecule has 1 aliphatic rings. The lowest BCUT2D eigenvalue weighted by Crippen LogP contribution is -2.21. The van der Waals surface area contributed by atoms with Crippen molar-refractivity contribution in [1.29, 1.82) is 0 Å². The van der Waals surface area contributed by atoms with Gasteiger partial charge in [0.15, 0.2) is 4.77 Å². The largest absolute Gasteiger partial charge is 0.332 e. The lowest BCUT2D eigenvalue weighted by Gasteiger charge is -2.07. The molecule has 3 nitrogen and oxygen atoms in total. The maximum absolute atomic E-state index is 12.6. The van der Waals surface area contributed by atoms with Crippen LogP contribution in [0, 0.1) is 4.77 Å². The van der Waals surface area contributed by atoms with E-state index in [1.54, 1.807) is 4.57 Å². The standard InChI is InChI=1S/C15H12N2OS/c18-14-12-7-9-3-1-2-4-10(9)8-13(12)16-15(19)17(14)11-5-6-11/h1-4,7-8,11H,5-6H2,(H,16,19). The van der Waals surface area contributed by atoms with Crippen LogP contribution < -0.4 is 5.56 Å². The van der Waals surface area contributed by atoms with E-state index >= 15 is 0 Å². The number of nitrogens with one attached hydrogen (secondary N) is 1. The molecule has 4 rings (SSSR count). The quantitative estimate of drug-likeness (QED) is 0.541. The van der Waals surface area contributed by atoms with E-state index in [1.807, 2.05) is 36.4 Å². The fourth-order valence-corrected chi connectivity index (χ4v) is 2.92. The van der Waals surface area contributed by atoms with Crippen LogP contribution in [0.4, 0.5) is 0 Å². The number of fused-ring (bicyclic) bond motifs is 2. The van der Waals surface area contributed by atoms with Crippen LogP contribution in [0.3, 0.4) is 0 Å². The normalized spacial score (nSPS) is 15.2. The van der Waals surface area contributed by atoms with Crippen LogP contribution in [-0.4, -0.2) is 9.55 Å². The molecule has 0 saturated heterocycles. The lowest BCUT2D eigenvalue weighted by molar-refractivity contribution is 0.686. The van der Waals surface area contributed by atoms with Gasteiger partial charge in [0.2, 0.25) is 0 Å². The van der Waals surface area contributed by atoms with Crippen molar-refractivity contribution < 1.29 is 0 Å². The first kappa shape index (κ1) is 10.9. The number of H-pyrrole nitrogens is 1. The van der Waals surface area contributed by atoms with Gasteiger partial charge in [0.25, 0.3) is 5.56 Å². The summed E-state index contributed by atoms with van der Waals surface area (Å²) in [7, 11) is 0. The second kappa shape index (κ2) is 3.78. The molecule has 0 unspecified atom stereocenters. The summed E-state index contributed by atoms with van der Waals surface area (Å²) in [6, 6.07) is 12.3. The van der Waals surface area contributed by atoms with Gasteiger partial charge >= 0.3 is 0 Å². The molecule has 1 heterocycles. The van der Waals surface area contributed by atoms with Crippen molar-refractivity contribution in [1.82, 2.24) is 9.55 Å². The molecule has 1 aromatic heterocycles. The van der Waals surface area contributed by atoms with Gasteiger partial charge in [-0.3, -0.25) is 9.36 Å². The Kier molecular flexibility index (Phi) is 2.17. The molecule has 1 saturated carbocycles. The summed E-state index contributed by atoms with van der Waals surface area (Å²) in [5.41, 5.74) is 0.859. The Bertz CT molecular complexity index is 919. The van der Waals surface area contributed by atoms with E-state index < -0.39 is 0 Å². The van der Waals surface area contributed by atoms with Crippen molar-refractivity contribution in [2.24, 2.45) is 0 Å². The summed E-state index contributed by atoms with van der Waals surface area (Å²) in [5.74, 6) is 0. The number of benzene rings is 2. The summed E-state index contributed by atoms with van der Waals surface area (Å²) in [6.45, 7) is 0. The van der Waals surface area contributed by atoms with Gasteiger partial charge in [0, 0.05) is 6.04 Å². The van der Waals surface area contributed by atoms with Crippen molar-refractivity contribution in [3.63, 3.8) is 0 Å². The van der Waals surface area contributed by atoms with Gasteiger partial charge in [0.1, 0.15) is 0 Å². The summed E-state index contributed by atoms with van der Waals surface area (Å²) < 4.78 is 2.27. The Morgan fingerprint density at radius 1 is 1.16 bits per heavy atom. The van der Waals surface area contributed by atoms with E-state index in [4.69, 9.17) is 12.2 Å². The molecule has 2 aromatic carbocycles. The first-order valence-corrected chi connectivity index (χ1v) is 6.82. The fourth-order valence-electron chi connectivity index (χ4n) is 2.58. The third-order valence-electron chi connectivity index (χ3n) is 3.71. The van der Waals surface area contributed by atoms with E-state index in [-0.39, 0.29) is 5.56 Å². The van der Waals surface area contributed by atoms with Crippen molar-refractivity contribution in [2.45, 2.75) is 18.9 Å². The third-order valence-corrected chi connectivity index (χ3v) is 4.01. The minimum Gasteiger partial charge on any atom is -0.332 e. The van der Waals surface area contributed by atoms with Crippen LogP contribution in [0.1, 0.15) is 18.9 Å². The Morgan fingerprint density at radius 2 is 1.84 bits per heavy atom. The Morgan fingerprint density at radius 3 is 2.53 bits per heavy atom. The SMILES string of the molecule is O=c1c2cc3ccccc3cc2[nH]c(=S)n1C1CC1. The summed E-state index contributed by atoms with van der Waals surface area (Å²) in [4.78, 5) is 15.7. The van der Waals surface area contributed by atoms with Crippen LogP contribution in [0.25, 0.3) is 21.7 Å². The van der Waals surface area contributed by atoms with Crippen LogP contribution in [-0.2, 0) is 0 Å². The number of hydrogen-bond donors (Lipinski definition) is 1. The van der Waals surface area contributed by atoms with Crippen LogP contribution >= 0.6 is 12.2 Å². The Labute approximate surface area is 114 Å². The molecule has 1 fully saturated rings. The van der Waals surface area contributed by atoms with Crippen molar-refractivity contribution in [3.8, 4) is 0 Å². The van der Waals surface area contributed by atoms with Gasteiger partial charge in [-0.2, -0.15) is 0 Å². The highest BCUT2D eigenvalue weighted by Gasteiger charge is 2.26. The zero-order chi connectivity index (χ0) is 13.0. The zero-order valence-corrected chi connectivity index (χ0v) is 11.0. The predicted molar refractivity (Wildman–Crippen MR) is 79.2 cm³/mol. The maximum atomic E-state index is 12.6. The Balaban J connectivity index is 2.18. The molecule has 4 heteroatoms. The molecule has 0 atom stereocenters. The molecule has 0 spiro atoms. The second-order valence-electron chi connectivity index (χ2n) is 5.08. The minimum atomic E-state index is 0.0343. The first-order chi connectivity index (χ1) is 9.24. The van der Waals surface area contributed by atoms with Gasteiger partial charge in [-0.05, 0) is 48.0 Å². The van der Waals surface area contributed by atoms with E-state index in [9.17, 15) is 4.79 Å². The van der Waals surface area contributed by atoms with Crippen LogP contribution in [0.15, 0.2) is 41.2 Å². The fraction of sp³-hybridized carbons (Fsp3) is 0.200. The molecule has 0 radical (unpaired) electrons. The van der Waals surface area contributed by atoms with Crippen molar-refractivity contribution in [2.75, 3.05) is 0 Å². The van der Waals surface area contributed by atoms with E-state index in [0.717, 1.165) is 34.5 Å². The molecule has 0 bridgehead atoms. The third kappa shape index (κ3) is 1.64. The monoisotopic (exact) mass is 268 g/mol. The highest BCUT2D eigenvalue weighted by molar-refractivity contribution is 7.71. The predicted octanol–water partition coefficient (Wildman–Crippen LogP) is 3.55. The van der Waals surface area contributed by atoms with Crippen LogP contribution in [0.2, 0.25) is 0 Å². The van der Waals surface area contributed by atoms with Crippen LogP contribution in [0.5, 0.6) is 0 Å². The van der Waals surface area contributed by atoms with Crippen molar-refractivity contribution >= 4 is 33.9 Å². The molecule has 19 heavy (non-hydrogen) atoms. The van der Waals surface area contributed by atoms with E-state index in [2.05, 4.69) is 4.98 Å². The molecular formula is C15H12N2OS. The Hall–Kier alpha value is -1.94. The topological polar surface area (TPSA) is 37.8 Å². The zero-order valence-electron chi connectivity index (χ0n) is 10.2.